The molecule has 3 heterocycles. The van der Waals surface area contributed by atoms with E-state index >= 15 is 0 Å². The van der Waals surface area contributed by atoms with Gasteiger partial charge in [0, 0.05) is 18.1 Å². The van der Waals surface area contributed by atoms with Gasteiger partial charge >= 0.3 is 0 Å². The van der Waals surface area contributed by atoms with E-state index < -0.39 is 0 Å². The van der Waals surface area contributed by atoms with Crippen molar-refractivity contribution in [2.24, 2.45) is 0 Å². The second-order valence-corrected chi connectivity index (χ2v) is 6.73. The molecule has 0 atom stereocenters. The standard InChI is InChI=1S/C21H21N3O4/c1-13-10-16(20-22-21(28-24-20)18-7-5-8-25-18)11-14(2)19(13)26-9-4-6-17-12-15(3)23-27-17/h5,7-8,10-12H,4,6,9H2,1-3H3. The average molecular weight is 379 g/mol. The van der Waals surface area contributed by atoms with Crippen LogP contribution in [0.1, 0.15) is 29.0 Å². The van der Waals surface area contributed by atoms with Crippen LogP contribution in [0.2, 0.25) is 0 Å². The molecule has 0 saturated carbocycles. The van der Waals surface area contributed by atoms with E-state index in [-0.39, 0.29) is 0 Å². The van der Waals surface area contributed by atoms with Crippen LogP contribution in [0.3, 0.4) is 0 Å². The number of ether oxygens (including phenoxy) is 1. The Morgan fingerprint density at radius 2 is 1.82 bits per heavy atom. The molecule has 4 rings (SSSR count). The van der Waals surface area contributed by atoms with Gasteiger partial charge in [-0.2, -0.15) is 4.98 Å². The normalized spacial score (nSPS) is 11.1. The van der Waals surface area contributed by atoms with Gasteiger partial charge in [0.1, 0.15) is 11.5 Å². The van der Waals surface area contributed by atoms with Crippen LogP contribution in [0.5, 0.6) is 5.75 Å². The highest BCUT2D eigenvalue weighted by Crippen LogP contribution is 2.30. The summed E-state index contributed by atoms with van der Waals surface area (Å²) in [5.41, 5.74) is 3.82. The van der Waals surface area contributed by atoms with E-state index in [0.717, 1.165) is 46.7 Å². The molecule has 0 saturated heterocycles. The van der Waals surface area contributed by atoms with Gasteiger partial charge < -0.3 is 18.2 Å². The Kier molecular flexibility index (Phi) is 4.97. The van der Waals surface area contributed by atoms with Gasteiger partial charge in [-0.1, -0.05) is 10.3 Å². The summed E-state index contributed by atoms with van der Waals surface area (Å²) in [6.07, 6.45) is 3.23. The van der Waals surface area contributed by atoms with Crippen LogP contribution < -0.4 is 4.74 Å². The van der Waals surface area contributed by atoms with Crippen LogP contribution in [-0.4, -0.2) is 21.9 Å². The van der Waals surface area contributed by atoms with Crippen LogP contribution in [0, 0.1) is 20.8 Å². The Morgan fingerprint density at radius 1 is 1.00 bits per heavy atom. The van der Waals surface area contributed by atoms with Crippen molar-refractivity contribution in [3.05, 3.63) is 59.2 Å². The zero-order valence-corrected chi connectivity index (χ0v) is 16.1. The summed E-state index contributed by atoms with van der Waals surface area (Å²) in [5, 5.41) is 7.96. The van der Waals surface area contributed by atoms with Crippen molar-refractivity contribution >= 4 is 0 Å². The van der Waals surface area contributed by atoms with Crippen molar-refractivity contribution in [3.8, 4) is 28.8 Å². The third-order valence-corrected chi connectivity index (χ3v) is 4.37. The smallest absolute Gasteiger partial charge is 0.293 e. The molecule has 0 amide bonds. The summed E-state index contributed by atoms with van der Waals surface area (Å²) in [5.74, 6) is 3.19. The third-order valence-electron chi connectivity index (χ3n) is 4.37. The fraction of sp³-hybridized carbons (Fsp3) is 0.286. The van der Waals surface area contributed by atoms with Crippen LogP contribution in [0.25, 0.3) is 23.0 Å². The number of benzene rings is 1. The fourth-order valence-corrected chi connectivity index (χ4v) is 3.10. The molecule has 0 aliphatic carbocycles. The predicted octanol–water partition coefficient (Wildman–Crippen LogP) is 4.92. The summed E-state index contributed by atoms with van der Waals surface area (Å²) in [6.45, 7) is 6.54. The monoisotopic (exact) mass is 379 g/mol. The molecular weight excluding hydrogens is 358 g/mol. The molecule has 0 bridgehead atoms. The summed E-state index contributed by atoms with van der Waals surface area (Å²) < 4.78 is 21.8. The number of rotatable bonds is 7. The van der Waals surface area contributed by atoms with Gasteiger partial charge in [-0.05, 0) is 62.6 Å². The Morgan fingerprint density at radius 3 is 2.50 bits per heavy atom. The van der Waals surface area contributed by atoms with Gasteiger partial charge in [0.2, 0.25) is 5.82 Å². The first-order valence-electron chi connectivity index (χ1n) is 9.14. The maximum absolute atomic E-state index is 6.01. The summed E-state index contributed by atoms with van der Waals surface area (Å²) in [7, 11) is 0. The fourth-order valence-electron chi connectivity index (χ4n) is 3.10. The van der Waals surface area contributed by atoms with Crippen LogP contribution >= 0.6 is 0 Å². The van der Waals surface area contributed by atoms with Crippen molar-refractivity contribution in [1.29, 1.82) is 0 Å². The molecule has 1 aromatic carbocycles. The van der Waals surface area contributed by atoms with Gasteiger partial charge in [0.15, 0.2) is 5.76 Å². The minimum atomic E-state index is 0.360. The van der Waals surface area contributed by atoms with E-state index in [4.69, 9.17) is 18.2 Å². The number of hydrogen-bond acceptors (Lipinski definition) is 7. The molecule has 0 aliphatic rings. The first kappa shape index (κ1) is 18.0. The largest absolute Gasteiger partial charge is 0.493 e. The molecule has 144 valence electrons. The molecule has 3 aromatic heterocycles. The molecule has 0 spiro atoms. The molecule has 0 N–H and O–H groups in total. The number of aromatic nitrogens is 3. The lowest BCUT2D eigenvalue weighted by molar-refractivity contribution is 0.296. The van der Waals surface area contributed by atoms with Gasteiger partial charge in [-0.25, -0.2) is 0 Å². The first-order valence-corrected chi connectivity index (χ1v) is 9.14. The molecule has 0 radical (unpaired) electrons. The minimum Gasteiger partial charge on any atom is -0.493 e. The zero-order valence-electron chi connectivity index (χ0n) is 16.1. The topological polar surface area (TPSA) is 87.3 Å². The second kappa shape index (κ2) is 7.72. The lowest BCUT2D eigenvalue weighted by Gasteiger charge is -2.13. The molecule has 7 heteroatoms. The van der Waals surface area contributed by atoms with Crippen molar-refractivity contribution in [3.63, 3.8) is 0 Å². The predicted molar refractivity (Wildman–Crippen MR) is 102 cm³/mol. The van der Waals surface area contributed by atoms with Crippen molar-refractivity contribution < 1.29 is 18.2 Å². The minimum absolute atomic E-state index is 0.360. The van der Waals surface area contributed by atoms with E-state index in [0.29, 0.717) is 24.1 Å². The van der Waals surface area contributed by atoms with Gasteiger partial charge in [-0.3, -0.25) is 0 Å². The Labute approximate surface area is 162 Å². The van der Waals surface area contributed by atoms with Crippen LogP contribution in [-0.2, 0) is 6.42 Å². The van der Waals surface area contributed by atoms with E-state index in [2.05, 4.69) is 15.3 Å². The summed E-state index contributed by atoms with van der Waals surface area (Å²) in [6, 6.07) is 9.51. The van der Waals surface area contributed by atoms with Crippen molar-refractivity contribution in [2.45, 2.75) is 33.6 Å². The molecule has 0 unspecified atom stereocenters. The number of hydrogen-bond donors (Lipinski definition) is 0. The van der Waals surface area contributed by atoms with Gasteiger partial charge in [0.05, 0.1) is 18.6 Å². The Balaban J connectivity index is 1.43. The van der Waals surface area contributed by atoms with E-state index in [1.165, 1.54) is 0 Å². The summed E-state index contributed by atoms with van der Waals surface area (Å²) in [4.78, 5) is 4.42. The number of nitrogens with zero attached hydrogens (tertiary/aromatic N) is 3. The molecule has 28 heavy (non-hydrogen) atoms. The Hall–Kier alpha value is -3.35. The molecule has 7 nitrogen and oxygen atoms in total. The average Bonchev–Trinajstić information content (AvgIpc) is 3.41. The quantitative estimate of drug-likeness (QED) is 0.421. The maximum Gasteiger partial charge on any atom is 0.293 e. The van der Waals surface area contributed by atoms with Crippen LogP contribution in [0.15, 0.2) is 50.1 Å². The SMILES string of the molecule is Cc1cc(CCCOc2c(C)cc(-c3noc(-c4ccco4)n3)cc2C)on1. The maximum atomic E-state index is 6.01. The molecular formula is C21H21N3O4. The number of aryl methyl sites for hydroxylation is 4. The second-order valence-electron chi connectivity index (χ2n) is 6.73. The molecule has 4 aromatic rings. The number of furan rings is 1. The highest BCUT2D eigenvalue weighted by atomic mass is 16.5. The Bertz CT molecular complexity index is 1040. The highest BCUT2D eigenvalue weighted by molar-refractivity contribution is 5.62. The van der Waals surface area contributed by atoms with Crippen LogP contribution in [0.4, 0.5) is 0 Å². The van der Waals surface area contributed by atoms with E-state index in [1.54, 1.807) is 18.4 Å². The zero-order chi connectivity index (χ0) is 19.5. The van der Waals surface area contributed by atoms with Gasteiger partial charge in [-0.15, -0.1) is 0 Å². The molecule has 0 aliphatic heterocycles. The van der Waals surface area contributed by atoms with Gasteiger partial charge in [0.25, 0.3) is 5.89 Å². The summed E-state index contributed by atoms with van der Waals surface area (Å²) >= 11 is 0. The lowest BCUT2D eigenvalue weighted by Crippen LogP contribution is -2.02. The molecule has 0 fully saturated rings. The third kappa shape index (κ3) is 3.83. The van der Waals surface area contributed by atoms with Crippen molar-refractivity contribution in [1.82, 2.24) is 15.3 Å². The van der Waals surface area contributed by atoms with Crippen molar-refractivity contribution in [2.75, 3.05) is 6.61 Å². The highest BCUT2D eigenvalue weighted by Gasteiger charge is 2.15. The lowest BCUT2D eigenvalue weighted by atomic mass is 10.1. The van der Waals surface area contributed by atoms with E-state index in [9.17, 15) is 0 Å². The first-order chi connectivity index (χ1) is 13.6. The van der Waals surface area contributed by atoms with E-state index in [1.807, 2.05) is 39.0 Å².